The lowest BCUT2D eigenvalue weighted by Gasteiger charge is -2.43. The molecule has 2 aliphatic heterocycles. The molecule has 0 bridgehead atoms. The van der Waals surface area contributed by atoms with E-state index in [0.29, 0.717) is 16.4 Å². The normalized spacial score (nSPS) is 37.1. The minimum Gasteiger partial charge on any atom is -0.461 e. The number of nitrogens with zero attached hydrogens (tertiary/aromatic N) is 1. The molecule has 0 radical (unpaired) electrons. The minimum atomic E-state index is -1.85. The maximum absolute atomic E-state index is 12.8. The Morgan fingerprint density at radius 1 is 1.29 bits per heavy atom. The second-order valence-corrected chi connectivity index (χ2v) is 7.39. The number of likely N-dealkylation sites (tertiary alicyclic amines) is 1. The Bertz CT molecular complexity index is 820. The van der Waals surface area contributed by atoms with E-state index in [1.165, 1.54) is 0 Å². The number of fused-ring (bicyclic) bond motifs is 3. The molecule has 10 nitrogen and oxygen atoms in total. The molecular weight excluding hydrogens is 374 g/mol. The second-order valence-electron chi connectivity index (χ2n) is 7.39. The number of aliphatic hydroxyl groups excluding tert-OH is 2. The van der Waals surface area contributed by atoms with Crippen LogP contribution in [0.3, 0.4) is 0 Å². The summed E-state index contributed by atoms with van der Waals surface area (Å²) in [4.78, 5) is 37.9. The first-order valence-corrected chi connectivity index (χ1v) is 9.02. The zero-order valence-electron chi connectivity index (χ0n) is 15.1. The van der Waals surface area contributed by atoms with Gasteiger partial charge in [-0.2, -0.15) is 4.90 Å². The molecule has 2 saturated heterocycles. The smallest absolute Gasteiger partial charge is 0.423 e. The van der Waals surface area contributed by atoms with E-state index < -0.39 is 60.1 Å². The molecule has 3 aliphatic rings. The number of rotatable bonds is 3. The van der Waals surface area contributed by atoms with E-state index in [4.69, 9.17) is 9.15 Å². The summed E-state index contributed by atoms with van der Waals surface area (Å²) < 4.78 is 15.9. The van der Waals surface area contributed by atoms with Crippen LogP contribution < -0.4 is 0 Å². The molecule has 1 aromatic rings. The minimum absolute atomic E-state index is 0.000993. The van der Waals surface area contributed by atoms with Gasteiger partial charge in [0.15, 0.2) is 5.79 Å². The van der Waals surface area contributed by atoms with Gasteiger partial charge in [-0.05, 0) is 25.0 Å². The van der Waals surface area contributed by atoms with E-state index >= 15 is 0 Å². The molecule has 3 fully saturated rings. The quantitative estimate of drug-likeness (QED) is 0.598. The monoisotopic (exact) mass is 395 g/mol. The maximum Gasteiger partial charge on any atom is 0.423 e. The van der Waals surface area contributed by atoms with Crippen molar-refractivity contribution in [3.05, 3.63) is 23.7 Å². The molecule has 0 spiro atoms. The van der Waals surface area contributed by atoms with Crippen LogP contribution in [-0.4, -0.2) is 57.6 Å². The molecule has 4 rings (SSSR count). The van der Waals surface area contributed by atoms with Crippen LogP contribution in [0.1, 0.15) is 30.5 Å². The molecule has 0 unspecified atom stereocenters. The van der Waals surface area contributed by atoms with Gasteiger partial charge in [-0.1, -0.05) is 0 Å². The van der Waals surface area contributed by atoms with Crippen LogP contribution in [0.15, 0.2) is 16.5 Å². The molecule has 0 aromatic carbocycles. The van der Waals surface area contributed by atoms with Gasteiger partial charge in [0.1, 0.15) is 24.2 Å². The fourth-order valence-electron chi connectivity index (χ4n) is 4.79. The zero-order valence-corrected chi connectivity index (χ0v) is 15.1. The van der Waals surface area contributed by atoms with E-state index in [1.807, 2.05) is 0 Å². The topological polar surface area (TPSA) is 147 Å². The highest BCUT2D eigenvalue weighted by Gasteiger charge is 2.67. The summed E-state index contributed by atoms with van der Waals surface area (Å²) in [7, 11) is 1.07. The Hall–Kier alpha value is -2.27. The summed E-state index contributed by atoms with van der Waals surface area (Å²) in [5, 5.41) is 30.2. The Morgan fingerprint density at radius 3 is 2.64 bits per heavy atom. The van der Waals surface area contributed by atoms with E-state index in [2.05, 4.69) is 4.74 Å². The number of hydrogen-bond donors (Lipinski definition) is 3. The van der Waals surface area contributed by atoms with Gasteiger partial charge in [0, 0.05) is 11.8 Å². The number of carbonyl (C=O) groups is 3. The van der Waals surface area contributed by atoms with Gasteiger partial charge in [-0.3, -0.25) is 9.59 Å². The standard InChI is InChI=1S/C18H21NO9/c1-26-17(24)19-15(22)10-4-8(6-20)18(25)11(14(10)16(19)23)5-13(28-18)12-3-2-9(7-21)27-12/h2-3,8,10-11,13-14,20-21,25H,4-7H2,1H3/t8-,10+,11+,13+,14+,18-/m1/s1. The molecule has 1 aliphatic carbocycles. The molecular formula is C18H21NO9. The van der Waals surface area contributed by atoms with Gasteiger partial charge in [-0.15, -0.1) is 0 Å². The van der Waals surface area contributed by atoms with Crippen molar-refractivity contribution in [2.45, 2.75) is 31.3 Å². The number of furan rings is 1. The van der Waals surface area contributed by atoms with Crippen LogP contribution in [0.4, 0.5) is 4.79 Å². The third kappa shape index (κ3) is 2.52. The molecule has 1 aromatic heterocycles. The van der Waals surface area contributed by atoms with Crippen LogP contribution in [0.25, 0.3) is 0 Å². The Morgan fingerprint density at radius 2 is 2.04 bits per heavy atom. The number of ether oxygens (including phenoxy) is 2. The summed E-state index contributed by atoms with van der Waals surface area (Å²) in [6.07, 6.45) is -1.64. The Balaban J connectivity index is 1.69. The van der Waals surface area contributed by atoms with E-state index in [9.17, 15) is 29.7 Å². The lowest BCUT2D eigenvalue weighted by Crippen LogP contribution is -2.54. The average molecular weight is 395 g/mol. The summed E-state index contributed by atoms with van der Waals surface area (Å²) >= 11 is 0. The van der Waals surface area contributed by atoms with E-state index in [0.717, 1.165) is 7.11 Å². The van der Waals surface area contributed by atoms with Crippen molar-refractivity contribution in [2.24, 2.45) is 23.7 Å². The fraction of sp³-hybridized carbons (Fsp3) is 0.611. The van der Waals surface area contributed by atoms with Gasteiger partial charge >= 0.3 is 6.09 Å². The third-order valence-electron chi connectivity index (χ3n) is 6.10. The summed E-state index contributed by atoms with van der Waals surface area (Å²) in [5.74, 6) is -6.03. The largest absolute Gasteiger partial charge is 0.461 e. The van der Waals surface area contributed by atoms with Crippen LogP contribution in [0.5, 0.6) is 0 Å². The number of imide groups is 3. The first-order chi connectivity index (χ1) is 13.3. The predicted octanol–water partition coefficient (Wildman–Crippen LogP) is -0.0821. The SMILES string of the molecule is COC(=O)N1C(=O)[C@H]2[C@H](C[C@H](CO)[C@@]3(O)O[C@H](c4ccc(CO)o4)C[C@@H]23)C1=O. The van der Waals surface area contributed by atoms with Crippen molar-refractivity contribution in [1.82, 2.24) is 4.90 Å². The lowest BCUT2D eigenvalue weighted by atomic mass is 9.64. The first kappa shape index (κ1) is 19.1. The molecule has 3 heterocycles. The lowest BCUT2D eigenvalue weighted by molar-refractivity contribution is -0.275. The van der Waals surface area contributed by atoms with Crippen LogP contribution in [0.2, 0.25) is 0 Å². The van der Waals surface area contributed by atoms with E-state index in [1.54, 1.807) is 12.1 Å². The highest BCUT2D eigenvalue weighted by Crippen LogP contribution is 2.58. The van der Waals surface area contributed by atoms with Crippen LogP contribution in [0, 0.1) is 23.7 Å². The van der Waals surface area contributed by atoms with Crippen molar-refractivity contribution >= 4 is 17.9 Å². The van der Waals surface area contributed by atoms with Crippen molar-refractivity contribution in [1.29, 1.82) is 0 Å². The second kappa shape index (κ2) is 6.66. The number of aliphatic hydroxyl groups is 3. The highest BCUT2D eigenvalue weighted by atomic mass is 16.6. The number of amides is 3. The predicted molar refractivity (Wildman–Crippen MR) is 87.9 cm³/mol. The highest BCUT2D eigenvalue weighted by molar-refractivity contribution is 6.15. The fourth-order valence-corrected chi connectivity index (χ4v) is 4.79. The van der Waals surface area contributed by atoms with Crippen molar-refractivity contribution in [3.63, 3.8) is 0 Å². The Labute approximate surface area is 159 Å². The number of carbonyl (C=O) groups excluding carboxylic acids is 3. The molecule has 6 atom stereocenters. The van der Waals surface area contributed by atoms with Crippen molar-refractivity contribution in [3.8, 4) is 0 Å². The number of methoxy groups -OCH3 is 1. The van der Waals surface area contributed by atoms with Gasteiger partial charge in [-0.25, -0.2) is 4.79 Å². The maximum atomic E-state index is 12.8. The zero-order chi connectivity index (χ0) is 20.2. The van der Waals surface area contributed by atoms with Crippen molar-refractivity contribution in [2.75, 3.05) is 13.7 Å². The van der Waals surface area contributed by atoms with Gasteiger partial charge in [0.05, 0.1) is 25.6 Å². The van der Waals surface area contributed by atoms with Gasteiger partial charge < -0.3 is 29.2 Å². The first-order valence-electron chi connectivity index (χ1n) is 9.02. The summed E-state index contributed by atoms with van der Waals surface area (Å²) in [6, 6.07) is 3.17. The number of hydrogen-bond acceptors (Lipinski definition) is 9. The van der Waals surface area contributed by atoms with Gasteiger partial charge in [0.2, 0.25) is 11.8 Å². The summed E-state index contributed by atoms with van der Waals surface area (Å²) in [6.45, 7) is -0.756. The molecule has 152 valence electrons. The molecule has 3 N–H and O–H groups in total. The Kier molecular flexibility index (Phi) is 4.53. The van der Waals surface area contributed by atoms with Crippen LogP contribution in [-0.2, 0) is 25.7 Å². The third-order valence-corrected chi connectivity index (χ3v) is 6.10. The van der Waals surface area contributed by atoms with Crippen molar-refractivity contribution < 1.29 is 43.6 Å². The van der Waals surface area contributed by atoms with Crippen LogP contribution >= 0.6 is 0 Å². The van der Waals surface area contributed by atoms with E-state index in [-0.39, 0.29) is 19.4 Å². The molecule has 1 saturated carbocycles. The summed E-state index contributed by atoms with van der Waals surface area (Å²) in [5.41, 5.74) is 0. The molecule has 3 amide bonds. The van der Waals surface area contributed by atoms with Gasteiger partial charge in [0.25, 0.3) is 0 Å². The molecule has 28 heavy (non-hydrogen) atoms. The molecule has 10 heteroatoms. The average Bonchev–Trinajstić information content (AvgIpc) is 3.35.